The maximum Gasteiger partial charge on any atom is 0.174 e. The highest BCUT2D eigenvalue weighted by Crippen LogP contribution is 2.33. The number of anilines is 1. The van der Waals surface area contributed by atoms with Crippen LogP contribution >= 0.6 is 0 Å². The number of nitrogens with one attached hydrogen (secondary N) is 1. The Balaban J connectivity index is 1.63. The Morgan fingerprint density at radius 2 is 2.08 bits per heavy atom. The number of hydrogen-bond acceptors (Lipinski definition) is 5. The molecule has 0 saturated carbocycles. The molecule has 2 aromatic heterocycles. The minimum absolute atomic E-state index is 0.167. The van der Waals surface area contributed by atoms with Gasteiger partial charge in [0, 0.05) is 17.7 Å². The van der Waals surface area contributed by atoms with Gasteiger partial charge in [-0.25, -0.2) is 9.67 Å². The summed E-state index contributed by atoms with van der Waals surface area (Å²) in [5, 5.41) is 7.95. The number of hydrogen-bond donors (Lipinski definition) is 1. The van der Waals surface area contributed by atoms with Gasteiger partial charge in [0.15, 0.2) is 5.82 Å². The van der Waals surface area contributed by atoms with Gasteiger partial charge in [-0.05, 0) is 26.0 Å². The molecule has 1 atom stereocenters. The normalized spacial score (nSPS) is 16.3. The van der Waals surface area contributed by atoms with Crippen molar-refractivity contribution in [3.8, 4) is 11.6 Å². The summed E-state index contributed by atoms with van der Waals surface area (Å²) in [6, 6.07) is 10.3. The quantitative estimate of drug-likeness (QED) is 0.802. The minimum atomic E-state index is 0.167. The smallest absolute Gasteiger partial charge is 0.174 e. The van der Waals surface area contributed by atoms with Crippen LogP contribution in [0.15, 0.2) is 42.7 Å². The van der Waals surface area contributed by atoms with E-state index in [1.54, 1.807) is 12.4 Å². The van der Waals surface area contributed by atoms with Crippen LogP contribution < -0.4 is 10.1 Å². The molecule has 3 aromatic rings. The highest BCUT2D eigenvalue weighted by Gasteiger charge is 2.21. The van der Waals surface area contributed by atoms with Gasteiger partial charge in [0.05, 0.1) is 30.7 Å². The number of ether oxygens (including phenoxy) is 1. The molecule has 1 aromatic carbocycles. The fourth-order valence-corrected chi connectivity index (χ4v) is 3.06. The molecule has 0 amide bonds. The van der Waals surface area contributed by atoms with Gasteiger partial charge in [-0.1, -0.05) is 18.2 Å². The molecule has 0 radical (unpaired) electrons. The lowest BCUT2D eigenvalue weighted by molar-refractivity contribution is 0.274. The molecule has 1 unspecified atom stereocenters. The molecular weight excluding hydrogens is 302 g/mol. The van der Waals surface area contributed by atoms with Crippen LogP contribution in [-0.2, 0) is 0 Å². The van der Waals surface area contributed by atoms with Crippen LogP contribution in [0.2, 0.25) is 0 Å². The lowest BCUT2D eigenvalue weighted by atomic mass is 10.0. The summed E-state index contributed by atoms with van der Waals surface area (Å²) in [7, 11) is 0. The van der Waals surface area contributed by atoms with Gasteiger partial charge < -0.3 is 10.1 Å². The van der Waals surface area contributed by atoms with Crippen LogP contribution in [0.5, 0.6) is 5.75 Å². The van der Waals surface area contributed by atoms with Gasteiger partial charge in [-0.3, -0.25) is 4.98 Å². The van der Waals surface area contributed by atoms with Crippen molar-refractivity contribution in [1.29, 1.82) is 0 Å². The van der Waals surface area contributed by atoms with Gasteiger partial charge in [0.2, 0.25) is 0 Å². The van der Waals surface area contributed by atoms with Gasteiger partial charge in [0.1, 0.15) is 11.6 Å². The largest absolute Gasteiger partial charge is 0.493 e. The van der Waals surface area contributed by atoms with E-state index >= 15 is 0 Å². The molecule has 4 rings (SSSR count). The zero-order valence-electron chi connectivity index (χ0n) is 13.7. The first-order chi connectivity index (χ1) is 11.7. The number of para-hydroxylation sites is 1. The van der Waals surface area contributed by atoms with Gasteiger partial charge in [-0.2, -0.15) is 5.10 Å². The SMILES string of the molecule is Cc1cc(C)n(-c2cncc(NC3CCOc4ccccc43)n2)n1. The monoisotopic (exact) mass is 321 g/mol. The van der Waals surface area contributed by atoms with Crippen LogP contribution in [0.25, 0.3) is 5.82 Å². The van der Waals surface area contributed by atoms with Crippen molar-refractivity contribution in [1.82, 2.24) is 19.7 Å². The Labute approximate surface area is 140 Å². The van der Waals surface area contributed by atoms with E-state index in [1.807, 2.05) is 42.8 Å². The van der Waals surface area contributed by atoms with E-state index in [0.29, 0.717) is 12.4 Å². The van der Waals surface area contributed by atoms with Gasteiger partial charge in [0.25, 0.3) is 0 Å². The summed E-state index contributed by atoms with van der Waals surface area (Å²) in [6.07, 6.45) is 4.36. The third kappa shape index (κ3) is 2.71. The molecule has 1 aliphatic heterocycles. The van der Waals surface area contributed by atoms with Crippen molar-refractivity contribution < 1.29 is 4.74 Å². The molecular formula is C18H19N5O. The standard InChI is InChI=1S/C18H19N5O/c1-12-9-13(2)23(22-12)18-11-19-10-17(21-18)20-15-7-8-24-16-6-4-3-5-14(15)16/h3-6,9-11,15H,7-8H2,1-2H3,(H,20,21). The molecule has 6 heteroatoms. The van der Waals surface area contributed by atoms with Crippen molar-refractivity contribution in [3.63, 3.8) is 0 Å². The molecule has 0 bridgehead atoms. The van der Waals surface area contributed by atoms with Gasteiger partial charge in [-0.15, -0.1) is 0 Å². The molecule has 1 aliphatic rings. The van der Waals surface area contributed by atoms with Crippen LogP contribution in [0.3, 0.4) is 0 Å². The number of nitrogens with zero attached hydrogens (tertiary/aromatic N) is 4. The van der Waals surface area contributed by atoms with Crippen molar-refractivity contribution >= 4 is 5.82 Å². The van der Waals surface area contributed by atoms with Crippen LogP contribution in [-0.4, -0.2) is 26.4 Å². The second-order valence-electron chi connectivity index (χ2n) is 5.97. The Hall–Kier alpha value is -2.89. The molecule has 0 spiro atoms. The third-order valence-electron chi connectivity index (χ3n) is 4.13. The summed E-state index contributed by atoms with van der Waals surface area (Å²) < 4.78 is 7.52. The van der Waals surface area contributed by atoms with Gasteiger partial charge >= 0.3 is 0 Å². The van der Waals surface area contributed by atoms with E-state index in [1.165, 1.54) is 0 Å². The fourth-order valence-electron chi connectivity index (χ4n) is 3.06. The van der Waals surface area contributed by atoms with Crippen LogP contribution in [0.4, 0.5) is 5.82 Å². The summed E-state index contributed by atoms with van der Waals surface area (Å²) in [5.74, 6) is 2.39. The molecule has 0 fully saturated rings. The van der Waals surface area contributed by atoms with E-state index in [4.69, 9.17) is 4.74 Å². The number of rotatable bonds is 3. The lowest BCUT2D eigenvalue weighted by Crippen LogP contribution is -2.21. The predicted molar refractivity (Wildman–Crippen MR) is 91.5 cm³/mol. The summed E-state index contributed by atoms with van der Waals surface area (Å²) in [5.41, 5.74) is 3.16. The molecule has 1 N–H and O–H groups in total. The zero-order valence-corrected chi connectivity index (χ0v) is 13.7. The lowest BCUT2D eigenvalue weighted by Gasteiger charge is -2.27. The van der Waals surface area contributed by atoms with Crippen LogP contribution in [0, 0.1) is 13.8 Å². The average molecular weight is 321 g/mol. The van der Waals surface area contributed by atoms with Crippen molar-refractivity contribution in [2.24, 2.45) is 0 Å². The number of benzene rings is 1. The maximum absolute atomic E-state index is 5.71. The highest BCUT2D eigenvalue weighted by atomic mass is 16.5. The third-order valence-corrected chi connectivity index (χ3v) is 4.13. The number of fused-ring (bicyclic) bond motifs is 1. The first kappa shape index (κ1) is 14.7. The van der Waals surface area contributed by atoms with E-state index in [2.05, 4.69) is 26.4 Å². The van der Waals surface area contributed by atoms with E-state index in [-0.39, 0.29) is 6.04 Å². The Morgan fingerprint density at radius 1 is 1.21 bits per heavy atom. The maximum atomic E-state index is 5.71. The topological polar surface area (TPSA) is 64.9 Å². The number of aromatic nitrogens is 4. The molecule has 3 heterocycles. The highest BCUT2D eigenvalue weighted by molar-refractivity contribution is 5.45. The summed E-state index contributed by atoms with van der Waals surface area (Å²) >= 11 is 0. The van der Waals surface area contributed by atoms with Crippen molar-refractivity contribution in [3.05, 3.63) is 59.7 Å². The van der Waals surface area contributed by atoms with E-state index < -0.39 is 0 Å². The molecule has 0 saturated heterocycles. The first-order valence-electron chi connectivity index (χ1n) is 8.04. The fraction of sp³-hybridized carbons (Fsp3) is 0.278. The zero-order chi connectivity index (χ0) is 16.5. The Kier molecular flexibility index (Phi) is 3.65. The second-order valence-corrected chi connectivity index (χ2v) is 5.97. The second kappa shape index (κ2) is 5.96. The molecule has 24 heavy (non-hydrogen) atoms. The Morgan fingerprint density at radius 3 is 2.92 bits per heavy atom. The molecule has 6 nitrogen and oxygen atoms in total. The number of aryl methyl sites for hydroxylation is 2. The molecule has 122 valence electrons. The van der Waals surface area contributed by atoms with E-state index in [0.717, 1.165) is 34.9 Å². The average Bonchev–Trinajstić information content (AvgIpc) is 2.94. The predicted octanol–water partition coefficient (Wildman–Crippen LogP) is 3.21. The first-order valence-corrected chi connectivity index (χ1v) is 8.04. The van der Waals surface area contributed by atoms with Crippen LogP contribution in [0.1, 0.15) is 29.4 Å². The molecule has 0 aliphatic carbocycles. The summed E-state index contributed by atoms with van der Waals surface area (Å²) in [4.78, 5) is 8.99. The van der Waals surface area contributed by atoms with E-state index in [9.17, 15) is 0 Å². The van der Waals surface area contributed by atoms with Crippen molar-refractivity contribution in [2.75, 3.05) is 11.9 Å². The van der Waals surface area contributed by atoms with Crippen molar-refractivity contribution in [2.45, 2.75) is 26.3 Å². The summed E-state index contributed by atoms with van der Waals surface area (Å²) in [6.45, 7) is 4.67. The Bertz CT molecular complexity index is 873. The minimum Gasteiger partial charge on any atom is -0.493 e.